The molecule has 0 aromatic rings. The van der Waals surface area contributed by atoms with Gasteiger partial charge in [0.05, 0.1) is 11.8 Å². The van der Waals surface area contributed by atoms with E-state index in [9.17, 15) is 9.90 Å². The highest BCUT2D eigenvalue weighted by molar-refractivity contribution is 6.22. The third-order valence-corrected chi connectivity index (χ3v) is 2.44. The number of nitrogens with one attached hydrogen (secondary N) is 1. The van der Waals surface area contributed by atoms with E-state index >= 15 is 0 Å². The molecule has 1 amide bonds. The molecule has 1 rings (SSSR count). The standard InChI is InChI=1S/C11H19N3O2/c1-6(2)9-10(15)8(11(16)12-9)7(3)13-14(4)5/h6,9,15H,1-5H3,(H,12,16)/t9-/m1/s1. The molecule has 5 nitrogen and oxygen atoms in total. The Morgan fingerprint density at radius 2 is 2.06 bits per heavy atom. The van der Waals surface area contributed by atoms with Gasteiger partial charge in [0.15, 0.2) is 0 Å². The minimum atomic E-state index is -0.296. The summed E-state index contributed by atoms with van der Waals surface area (Å²) >= 11 is 0. The summed E-state index contributed by atoms with van der Waals surface area (Å²) in [5, 5.41) is 18.4. The Morgan fingerprint density at radius 1 is 1.50 bits per heavy atom. The van der Waals surface area contributed by atoms with Crippen LogP contribution in [-0.4, -0.2) is 41.9 Å². The number of hydrogen-bond acceptors (Lipinski definition) is 4. The van der Waals surface area contributed by atoms with Crippen LogP contribution in [-0.2, 0) is 4.79 Å². The van der Waals surface area contributed by atoms with Crippen LogP contribution in [0, 0.1) is 5.92 Å². The molecular weight excluding hydrogens is 206 g/mol. The number of aliphatic hydroxyl groups excluding tert-OH is 1. The van der Waals surface area contributed by atoms with Gasteiger partial charge in [0.1, 0.15) is 11.3 Å². The fourth-order valence-corrected chi connectivity index (χ4v) is 1.74. The van der Waals surface area contributed by atoms with Crippen molar-refractivity contribution in [3.63, 3.8) is 0 Å². The highest BCUT2D eigenvalue weighted by Gasteiger charge is 2.34. The summed E-state index contributed by atoms with van der Waals surface area (Å²) in [7, 11) is 3.54. The molecule has 0 aliphatic carbocycles. The van der Waals surface area contributed by atoms with E-state index in [0.29, 0.717) is 11.3 Å². The normalized spacial score (nSPS) is 21.8. The van der Waals surface area contributed by atoms with Gasteiger partial charge in [-0.25, -0.2) is 0 Å². The van der Waals surface area contributed by atoms with Gasteiger partial charge in [0.25, 0.3) is 5.91 Å². The topological polar surface area (TPSA) is 64.9 Å². The first-order chi connectivity index (χ1) is 7.34. The summed E-state index contributed by atoms with van der Waals surface area (Å²) < 4.78 is 0. The van der Waals surface area contributed by atoms with Gasteiger partial charge in [-0.3, -0.25) is 4.79 Å². The van der Waals surface area contributed by atoms with Crippen molar-refractivity contribution >= 4 is 11.6 Å². The van der Waals surface area contributed by atoms with Crippen molar-refractivity contribution in [2.75, 3.05) is 14.1 Å². The van der Waals surface area contributed by atoms with E-state index in [0.717, 1.165) is 0 Å². The summed E-state index contributed by atoms with van der Waals surface area (Å²) in [6, 6.07) is -0.296. The second kappa shape index (κ2) is 4.55. The molecule has 0 spiro atoms. The van der Waals surface area contributed by atoms with Gasteiger partial charge in [-0.1, -0.05) is 13.8 Å². The van der Waals surface area contributed by atoms with Crippen molar-refractivity contribution in [1.82, 2.24) is 10.3 Å². The van der Waals surface area contributed by atoms with Crippen molar-refractivity contribution in [3.8, 4) is 0 Å². The lowest BCUT2D eigenvalue weighted by Gasteiger charge is -2.14. The molecule has 0 saturated carbocycles. The van der Waals surface area contributed by atoms with Crippen LogP contribution in [0.3, 0.4) is 0 Å². The lowest BCUT2D eigenvalue weighted by atomic mass is 10.0. The summed E-state index contributed by atoms with van der Waals surface area (Å²) in [6.45, 7) is 5.61. The summed E-state index contributed by atoms with van der Waals surface area (Å²) in [4.78, 5) is 11.7. The SMILES string of the molecule is CC(=NN(C)C)C1=C(O)[C@@H](C(C)C)NC1=O. The largest absolute Gasteiger partial charge is 0.509 e. The first-order valence-corrected chi connectivity index (χ1v) is 5.31. The van der Waals surface area contributed by atoms with Gasteiger partial charge in [0.2, 0.25) is 0 Å². The molecule has 5 heteroatoms. The molecule has 1 aliphatic heterocycles. The highest BCUT2D eigenvalue weighted by Crippen LogP contribution is 2.21. The van der Waals surface area contributed by atoms with E-state index in [-0.39, 0.29) is 23.6 Å². The zero-order valence-electron chi connectivity index (χ0n) is 10.4. The average molecular weight is 225 g/mol. The minimum absolute atomic E-state index is 0.100. The number of hydrazone groups is 1. The Hall–Kier alpha value is -1.52. The Kier molecular flexibility index (Phi) is 3.57. The molecule has 90 valence electrons. The fraction of sp³-hybridized carbons (Fsp3) is 0.636. The molecule has 16 heavy (non-hydrogen) atoms. The van der Waals surface area contributed by atoms with Crippen LogP contribution in [0.5, 0.6) is 0 Å². The monoisotopic (exact) mass is 225 g/mol. The van der Waals surface area contributed by atoms with Crippen LogP contribution >= 0.6 is 0 Å². The quantitative estimate of drug-likeness (QED) is 0.554. The zero-order valence-corrected chi connectivity index (χ0v) is 10.4. The van der Waals surface area contributed by atoms with Gasteiger partial charge in [-0.15, -0.1) is 0 Å². The summed E-state index contributed by atoms with van der Waals surface area (Å²) in [5.74, 6) is 0.0102. The van der Waals surface area contributed by atoms with Gasteiger partial charge < -0.3 is 15.4 Å². The molecule has 2 N–H and O–H groups in total. The maximum Gasteiger partial charge on any atom is 0.257 e. The molecule has 0 saturated heterocycles. The first kappa shape index (κ1) is 12.5. The van der Waals surface area contributed by atoms with Crippen molar-refractivity contribution in [1.29, 1.82) is 0 Å². The lowest BCUT2D eigenvalue weighted by molar-refractivity contribution is -0.116. The van der Waals surface area contributed by atoms with Crippen LogP contribution in [0.15, 0.2) is 16.4 Å². The number of aliphatic hydroxyl groups is 1. The van der Waals surface area contributed by atoms with Gasteiger partial charge >= 0.3 is 0 Å². The van der Waals surface area contributed by atoms with Crippen molar-refractivity contribution in [3.05, 3.63) is 11.3 Å². The van der Waals surface area contributed by atoms with E-state index in [1.165, 1.54) is 0 Å². The second-order valence-corrected chi connectivity index (χ2v) is 4.49. The summed E-state index contributed by atoms with van der Waals surface area (Å²) in [6.07, 6.45) is 0. The van der Waals surface area contributed by atoms with Crippen LogP contribution in [0.4, 0.5) is 0 Å². The Labute approximate surface area is 95.8 Å². The molecule has 0 aromatic heterocycles. The minimum Gasteiger partial charge on any atom is -0.509 e. The predicted octanol–water partition coefficient (Wildman–Crippen LogP) is 0.890. The molecule has 0 unspecified atom stereocenters. The Bertz CT molecular complexity index is 356. The van der Waals surface area contributed by atoms with E-state index in [4.69, 9.17) is 0 Å². The molecule has 1 heterocycles. The number of nitrogens with zero attached hydrogens (tertiary/aromatic N) is 2. The lowest BCUT2D eigenvalue weighted by Crippen LogP contribution is -2.33. The van der Waals surface area contributed by atoms with E-state index in [1.54, 1.807) is 26.0 Å². The first-order valence-electron chi connectivity index (χ1n) is 5.31. The molecule has 1 aliphatic rings. The number of carbonyl (C=O) groups excluding carboxylic acids is 1. The Balaban J connectivity index is 3.07. The summed E-state index contributed by atoms with van der Waals surface area (Å²) in [5.41, 5.74) is 0.829. The van der Waals surface area contributed by atoms with Crippen molar-refractivity contribution in [2.24, 2.45) is 11.0 Å². The fourth-order valence-electron chi connectivity index (χ4n) is 1.74. The van der Waals surface area contributed by atoms with Crippen LogP contribution in [0.1, 0.15) is 20.8 Å². The molecule has 1 atom stereocenters. The van der Waals surface area contributed by atoms with E-state index in [1.807, 2.05) is 13.8 Å². The smallest absolute Gasteiger partial charge is 0.257 e. The molecule has 0 bridgehead atoms. The van der Waals surface area contributed by atoms with Crippen molar-refractivity contribution in [2.45, 2.75) is 26.8 Å². The maximum atomic E-state index is 11.7. The molecule has 0 fully saturated rings. The third kappa shape index (κ3) is 2.35. The maximum absolute atomic E-state index is 11.7. The average Bonchev–Trinajstić information content (AvgIpc) is 2.40. The number of hydrogen-bond donors (Lipinski definition) is 2. The second-order valence-electron chi connectivity index (χ2n) is 4.49. The van der Waals surface area contributed by atoms with E-state index < -0.39 is 0 Å². The Morgan fingerprint density at radius 3 is 2.44 bits per heavy atom. The number of amides is 1. The van der Waals surface area contributed by atoms with Gasteiger partial charge in [-0.2, -0.15) is 5.10 Å². The van der Waals surface area contributed by atoms with Gasteiger partial charge in [-0.05, 0) is 12.8 Å². The highest BCUT2D eigenvalue weighted by atomic mass is 16.3. The zero-order chi connectivity index (χ0) is 12.5. The predicted molar refractivity (Wildman–Crippen MR) is 63.2 cm³/mol. The van der Waals surface area contributed by atoms with Crippen LogP contribution < -0.4 is 5.32 Å². The van der Waals surface area contributed by atoms with Crippen LogP contribution in [0.2, 0.25) is 0 Å². The van der Waals surface area contributed by atoms with Crippen molar-refractivity contribution < 1.29 is 9.90 Å². The number of rotatable bonds is 3. The van der Waals surface area contributed by atoms with Gasteiger partial charge in [0, 0.05) is 14.1 Å². The van der Waals surface area contributed by atoms with Crippen LogP contribution in [0.25, 0.3) is 0 Å². The molecular formula is C11H19N3O2. The number of carbonyl (C=O) groups is 1. The van der Waals surface area contributed by atoms with E-state index in [2.05, 4.69) is 10.4 Å². The third-order valence-electron chi connectivity index (χ3n) is 2.44. The molecule has 0 radical (unpaired) electrons. The molecule has 0 aromatic carbocycles.